The maximum absolute atomic E-state index is 12.4. The first-order valence-electron chi connectivity index (χ1n) is 10.0. The molecule has 162 valence electrons. The summed E-state index contributed by atoms with van der Waals surface area (Å²) in [5, 5.41) is 7.46. The van der Waals surface area contributed by atoms with Crippen molar-refractivity contribution in [3.05, 3.63) is 86.5 Å². The molecule has 0 aliphatic carbocycles. The molecule has 2 aromatic heterocycles. The molecule has 4 rings (SSSR count). The fourth-order valence-corrected chi connectivity index (χ4v) is 3.73. The van der Waals surface area contributed by atoms with Gasteiger partial charge in [-0.2, -0.15) is 10.1 Å². The summed E-state index contributed by atoms with van der Waals surface area (Å²) in [7, 11) is 0. The van der Waals surface area contributed by atoms with Crippen LogP contribution in [0.2, 0.25) is 0 Å². The molecule has 0 atom stereocenters. The van der Waals surface area contributed by atoms with E-state index in [0.29, 0.717) is 34.5 Å². The fourth-order valence-electron chi connectivity index (χ4n) is 3.19. The topological polar surface area (TPSA) is 81.9 Å². The van der Waals surface area contributed by atoms with Crippen molar-refractivity contribution in [1.82, 2.24) is 19.7 Å². The average Bonchev–Trinajstić information content (AvgIpc) is 3.02. The van der Waals surface area contributed by atoms with Gasteiger partial charge in [0.25, 0.3) is 5.91 Å². The van der Waals surface area contributed by atoms with Crippen LogP contribution in [-0.4, -0.2) is 25.7 Å². The number of halogens is 1. The predicted octanol–water partition coefficient (Wildman–Crippen LogP) is 5.55. The second kappa shape index (κ2) is 9.07. The number of rotatable bonds is 5. The van der Waals surface area contributed by atoms with Gasteiger partial charge in [-0.25, -0.2) is 9.67 Å². The molecule has 0 saturated heterocycles. The van der Waals surface area contributed by atoms with Crippen molar-refractivity contribution in [2.75, 3.05) is 5.32 Å². The molecular weight excluding hydrogens is 517 g/mol. The van der Waals surface area contributed by atoms with Crippen LogP contribution in [0.1, 0.15) is 33.1 Å². The summed E-state index contributed by atoms with van der Waals surface area (Å²) in [6.45, 7) is 7.84. The third kappa shape index (κ3) is 4.80. The molecular formula is C24H22IN5O2. The van der Waals surface area contributed by atoms with E-state index in [2.05, 4.69) is 43.0 Å². The molecule has 7 nitrogen and oxygen atoms in total. The van der Waals surface area contributed by atoms with E-state index in [0.717, 1.165) is 20.5 Å². The van der Waals surface area contributed by atoms with E-state index in [1.54, 1.807) is 41.1 Å². The number of nitrogens with zero attached hydrogens (tertiary/aromatic N) is 4. The monoisotopic (exact) mass is 539 g/mol. The lowest BCUT2D eigenvalue weighted by Gasteiger charge is -2.10. The highest BCUT2D eigenvalue weighted by molar-refractivity contribution is 14.1. The largest absolute Gasteiger partial charge is 0.439 e. The van der Waals surface area contributed by atoms with Gasteiger partial charge in [0, 0.05) is 26.6 Å². The molecule has 0 unspecified atom stereocenters. The van der Waals surface area contributed by atoms with Crippen LogP contribution in [0.15, 0.2) is 54.6 Å². The van der Waals surface area contributed by atoms with Crippen molar-refractivity contribution in [1.29, 1.82) is 0 Å². The number of hydrogen-bond donors (Lipinski definition) is 1. The summed E-state index contributed by atoms with van der Waals surface area (Å²) in [4.78, 5) is 21.3. The van der Waals surface area contributed by atoms with Crippen molar-refractivity contribution in [2.45, 2.75) is 27.7 Å². The van der Waals surface area contributed by atoms with E-state index in [1.165, 1.54) is 0 Å². The molecule has 8 heteroatoms. The number of ether oxygens (including phenoxy) is 1. The Morgan fingerprint density at radius 1 is 1.00 bits per heavy atom. The Morgan fingerprint density at radius 2 is 1.75 bits per heavy atom. The van der Waals surface area contributed by atoms with Gasteiger partial charge in [0.1, 0.15) is 11.6 Å². The zero-order valence-electron chi connectivity index (χ0n) is 18.2. The first-order chi connectivity index (χ1) is 15.3. The Morgan fingerprint density at radius 3 is 2.41 bits per heavy atom. The van der Waals surface area contributed by atoms with E-state index < -0.39 is 0 Å². The van der Waals surface area contributed by atoms with Crippen LogP contribution in [-0.2, 0) is 0 Å². The zero-order valence-corrected chi connectivity index (χ0v) is 20.3. The Balaban J connectivity index is 1.50. The van der Waals surface area contributed by atoms with Gasteiger partial charge in [-0.15, -0.1) is 0 Å². The van der Waals surface area contributed by atoms with Gasteiger partial charge in [0.2, 0.25) is 5.88 Å². The number of carbonyl (C=O) groups excluding carboxylic acids is 1. The summed E-state index contributed by atoms with van der Waals surface area (Å²) in [6.07, 6.45) is 0. The molecule has 1 N–H and O–H groups in total. The Bertz CT molecular complexity index is 1300. The normalized spacial score (nSPS) is 10.8. The molecule has 32 heavy (non-hydrogen) atoms. The third-order valence-corrected chi connectivity index (χ3v) is 5.76. The predicted molar refractivity (Wildman–Crippen MR) is 132 cm³/mol. The van der Waals surface area contributed by atoms with Crippen LogP contribution in [0.25, 0.3) is 5.82 Å². The van der Waals surface area contributed by atoms with E-state index in [1.807, 2.05) is 45.9 Å². The van der Waals surface area contributed by atoms with Gasteiger partial charge in [-0.1, -0.05) is 6.07 Å². The molecule has 0 aliphatic heterocycles. The lowest BCUT2D eigenvalue weighted by molar-refractivity contribution is 0.102. The molecule has 0 spiro atoms. The molecule has 0 radical (unpaired) electrons. The molecule has 0 bridgehead atoms. The second-order valence-corrected chi connectivity index (χ2v) is 8.66. The van der Waals surface area contributed by atoms with Crippen LogP contribution in [0.4, 0.5) is 5.69 Å². The quantitative estimate of drug-likeness (QED) is 0.337. The SMILES string of the molecule is Cc1nc(Oc2ccc(NC(=O)c3cccc(I)c3)cc2)cc(-n2nc(C)c(C)c2C)n1. The minimum atomic E-state index is -0.159. The van der Waals surface area contributed by atoms with Crippen molar-refractivity contribution in [3.8, 4) is 17.4 Å². The summed E-state index contributed by atoms with van der Waals surface area (Å²) in [5.74, 6) is 2.11. The number of benzene rings is 2. The third-order valence-electron chi connectivity index (χ3n) is 5.09. The number of anilines is 1. The first kappa shape index (κ1) is 21.9. The minimum Gasteiger partial charge on any atom is -0.439 e. The lowest BCUT2D eigenvalue weighted by atomic mass is 10.2. The standard InChI is InChI=1S/C24H22IN5O2/c1-14-15(2)29-30(16(14)3)22-13-23(27-17(4)26-22)32-21-10-8-20(9-11-21)28-24(31)18-6-5-7-19(25)12-18/h5-13H,1-4H3,(H,28,31). The number of hydrogen-bond acceptors (Lipinski definition) is 5. The summed E-state index contributed by atoms with van der Waals surface area (Å²) >= 11 is 2.18. The molecule has 4 aromatic rings. The van der Waals surface area contributed by atoms with Crippen molar-refractivity contribution >= 4 is 34.2 Å². The van der Waals surface area contributed by atoms with Crippen LogP contribution in [0.5, 0.6) is 11.6 Å². The average molecular weight is 539 g/mol. The maximum Gasteiger partial charge on any atom is 0.255 e. The molecule has 0 aliphatic rings. The van der Waals surface area contributed by atoms with Gasteiger partial charge in [0.05, 0.1) is 5.69 Å². The van der Waals surface area contributed by atoms with E-state index >= 15 is 0 Å². The molecule has 2 aromatic carbocycles. The van der Waals surface area contributed by atoms with Gasteiger partial charge in [0.15, 0.2) is 5.82 Å². The highest BCUT2D eigenvalue weighted by Gasteiger charge is 2.13. The zero-order chi connectivity index (χ0) is 22.8. The highest BCUT2D eigenvalue weighted by atomic mass is 127. The number of aromatic nitrogens is 4. The molecule has 0 saturated carbocycles. The Labute approximate surface area is 200 Å². The Kier molecular flexibility index (Phi) is 6.22. The number of amides is 1. The van der Waals surface area contributed by atoms with Gasteiger partial charge < -0.3 is 10.1 Å². The number of carbonyl (C=O) groups is 1. The van der Waals surface area contributed by atoms with E-state index in [9.17, 15) is 4.79 Å². The first-order valence-corrected chi connectivity index (χ1v) is 11.1. The molecule has 1 amide bonds. The molecule has 0 fully saturated rings. The number of aryl methyl sites for hydroxylation is 2. The van der Waals surface area contributed by atoms with Crippen LogP contribution in [0, 0.1) is 31.3 Å². The fraction of sp³-hybridized carbons (Fsp3) is 0.167. The van der Waals surface area contributed by atoms with Crippen LogP contribution in [0.3, 0.4) is 0 Å². The highest BCUT2D eigenvalue weighted by Crippen LogP contribution is 2.24. The van der Waals surface area contributed by atoms with Crippen LogP contribution >= 0.6 is 22.6 Å². The Hall–Kier alpha value is -3.27. The van der Waals surface area contributed by atoms with Crippen LogP contribution < -0.4 is 10.1 Å². The molecule has 2 heterocycles. The second-order valence-electron chi connectivity index (χ2n) is 7.41. The number of nitrogens with one attached hydrogen (secondary N) is 1. The lowest BCUT2D eigenvalue weighted by Crippen LogP contribution is -2.11. The summed E-state index contributed by atoms with van der Waals surface area (Å²) in [6, 6.07) is 16.4. The van der Waals surface area contributed by atoms with Crippen molar-refractivity contribution in [3.63, 3.8) is 0 Å². The van der Waals surface area contributed by atoms with Crippen molar-refractivity contribution in [2.24, 2.45) is 0 Å². The van der Waals surface area contributed by atoms with E-state index in [-0.39, 0.29) is 5.91 Å². The minimum absolute atomic E-state index is 0.159. The van der Waals surface area contributed by atoms with Crippen molar-refractivity contribution < 1.29 is 9.53 Å². The summed E-state index contributed by atoms with van der Waals surface area (Å²) in [5.41, 5.74) is 4.41. The van der Waals surface area contributed by atoms with Gasteiger partial charge in [-0.3, -0.25) is 4.79 Å². The maximum atomic E-state index is 12.4. The van der Waals surface area contributed by atoms with Gasteiger partial charge in [-0.05, 0) is 98.3 Å². The van der Waals surface area contributed by atoms with Gasteiger partial charge >= 0.3 is 0 Å². The summed E-state index contributed by atoms with van der Waals surface area (Å²) < 4.78 is 8.76. The smallest absolute Gasteiger partial charge is 0.255 e. The van der Waals surface area contributed by atoms with E-state index in [4.69, 9.17) is 4.74 Å².